The molecule has 6 atom stereocenters. The van der Waals surface area contributed by atoms with E-state index in [-0.39, 0.29) is 0 Å². The molecule has 2 heterocycles. The van der Waals surface area contributed by atoms with Crippen molar-refractivity contribution in [2.75, 3.05) is 26.4 Å². The highest BCUT2D eigenvalue weighted by atomic mass is 16.6. The summed E-state index contributed by atoms with van der Waals surface area (Å²) in [4.78, 5) is 0. The third-order valence-electron chi connectivity index (χ3n) is 7.36. The SMILES string of the molecule is CC1CC(C2CC(C)C(OCC3CO3)C(C)C2)CC(C)C1OCC1CO1. The molecule has 4 heteroatoms. The molecule has 0 radical (unpaired) electrons. The molecular formula is C22H38O4. The highest BCUT2D eigenvalue weighted by Gasteiger charge is 2.42. The molecule has 2 saturated carbocycles. The van der Waals surface area contributed by atoms with Crippen molar-refractivity contribution in [3.05, 3.63) is 0 Å². The fourth-order valence-electron chi connectivity index (χ4n) is 5.95. The Morgan fingerprint density at radius 2 is 0.923 bits per heavy atom. The van der Waals surface area contributed by atoms with E-state index in [1.807, 2.05) is 0 Å². The van der Waals surface area contributed by atoms with Crippen molar-refractivity contribution >= 4 is 0 Å². The molecule has 2 aliphatic heterocycles. The lowest BCUT2D eigenvalue weighted by Gasteiger charge is -2.46. The lowest BCUT2D eigenvalue weighted by molar-refractivity contribution is -0.0878. The molecule has 0 N–H and O–H groups in total. The first kappa shape index (κ1) is 19.2. The monoisotopic (exact) mass is 366 g/mol. The van der Waals surface area contributed by atoms with Gasteiger partial charge < -0.3 is 18.9 Å². The van der Waals surface area contributed by atoms with Crippen LogP contribution in [0.1, 0.15) is 53.4 Å². The van der Waals surface area contributed by atoms with Gasteiger partial charge in [0.05, 0.1) is 38.6 Å². The van der Waals surface area contributed by atoms with E-state index in [9.17, 15) is 0 Å². The maximum absolute atomic E-state index is 6.23. The van der Waals surface area contributed by atoms with E-state index in [2.05, 4.69) is 27.7 Å². The predicted octanol–water partition coefficient (Wildman–Crippen LogP) is 3.92. The predicted molar refractivity (Wildman–Crippen MR) is 101 cm³/mol. The van der Waals surface area contributed by atoms with Crippen LogP contribution < -0.4 is 0 Å². The van der Waals surface area contributed by atoms with Gasteiger partial charge >= 0.3 is 0 Å². The topological polar surface area (TPSA) is 43.5 Å². The highest BCUT2D eigenvalue weighted by molar-refractivity contribution is 4.92. The first-order valence-corrected chi connectivity index (χ1v) is 11.0. The van der Waals surface area contributed by atoms with Crippen LogP contribution in [0.2, 0.25) is 0 Å². The molecule has 4 aliphatic rings. The molecule has 4 nitrogen and oxygen atoms in total. The van der Waals surface area contributed by atoms with Crippen molar-refractivity contribution < 1.29 is 18.9 Å². The lowest BCUT2D eigenvalue weighted by atomic mass is 9.63. The molecule has 2 aliphatic carbocycles. The summed E-state index contributed by atoms with van der Waals surface area (Å²) >= 11 is 0. The lowest BCUT2D eigenvalue weighted by Crippen LogP contribution is -2.43. The fraction of sp³-hybridized carbons (Fsp3) is 1.00. The summed E-state index contributed by atoms with van der Waals surface area (Å²) in [6.07, 6.45) is 6.90. The second-order valence-electron chi connectivity index (χ2n) is 9.88. The minimum atomic E-state index is 0.380. The second kappa shape index (κ2) is 8.06. The molecule has 0 amide bonds. The zero-order chi connectivity index (χ0) is 18.3. The van der Waals surface area contributed by atoms with Gasteiger partial charge in [0.15, 0.2) is 0 Å². The van der Waals surface area contributed by atoms with Gasteiger partial charge in [-0.05, 0) is 61.2 Å². The van der Waals surface area contributed by atoms with Gasteiger partial charge in [0.25, 0.3) is 0 Å². The largest absolute Gasteiger partial charge is 0.375 e. The average molecular weight is 367 g/mol. The Morgan fingerprint density at radius 3 is 1.19 bits per heavy atom. The van der Waals surface area contributed by atoms with Gasteiger partial charge in [-0.3, -0.25) is 0 Å². The molecule has 0 aromatic heterocycles. The summed E-state index contributed by atoms with van der Waals surface area (Å²) in [5.41, 5.74) is 0. The Kier molecular flexibility index (Phi) is 5.95. The van der Waals surface area contributed by atoms with Crippen molar-refractivity contribution in [2.24, 2.45) is 35.5 Å². The summed E-state index contributed by atoms with van der Waals surface area (Å²) in [5.74, 6) is 4.36. The van der Waals surface area contributed by atoms with Crippen molar-refractivity contribution in [1.82, 2.24) is 0 Å². The number of ether oxygens (including phenoxy) is 4. The van der Waals surface area contributed by atoms with Crippen LogP contribution in [0.5, 0.6) is 0 Å². The number of hydrogen-bond acceptors (Lipinski definition) is 4. The van der Waals surface area contributed by atoms with E-state index >= 15 is 0 Å². The molecular weight excluding hydrogens is 328 g/mol. The maximum Gasteiger partial charge on any atom is 0.104 e. The van der Waals surface area contributed by atoms with E-state index < -0.39 is 0 Å². The summed E-state index contributed by atoms with van der Waals surface area (Å²) in [6.45, 7) is 13.0. The van der Waals surface area contributed by atoms with Gasteiger partial charge in [-0.15, -0.1) is 0 Å². The number of hydrogen-bond donors (Lipinski definition) is 0. The van der Waals surface area contributed by atoms with Gasteiger partial charge in [-0.1, -0.05) is 27.7 Å². The third kappa shape index (κ3) is 4.63. The first-order valence-electron chi connectivity index (χ1n) is 11.0. The molecule has 4 fully saturated rings. The molecule has 150 valence electrons. The average Bonchev–Trinajstić information content (AvgIpc) is 3.47. The maximum atomic E-state index is 6.23. The summed E-state index contributed by atoms with van der Waals surface area (Å²) in [6, 6.07) is 0. The van der Waals surface area contributed by atoms with E-state index in [0.29, 0.717) is 48.1 Å². The molecule has 6 unspecified atom stereocenters. The van der Waals surface area contributed by atoms with E-state index in [1.165, 1.54) is 25.7 Å². The Labute approximate surface area is 159 Å². The van der Waals surface area contributed by atoms with Crippen LogP contribution in [0.15, 0.2) is 0 Å². The van der Waals surface area contributed by atoms with Crippen LogP contribution in [0, 0.1) is 35.5 Å². The summed E-state index contributed by atoms with van der Waals surface area (Å²) in [7, 11) is 0. The molecule has 0 aromatic rings. The Balaban J connectivity index is 1.28. The van der Waals surface area contributed by atoms with Crippen LogP contribution in [0.25, 0.3) is 0 Å². The van der Waals surface area contributed by atoms with E-state index in [4.69, 9.17) is 18.9 Å². The smallest absolute Gasteiger partial charge is 0.104 e. The molecule has 0 aromatic carbocycles. The first-order chi connectivity index (χ1) is 12.5. The third-order valence-corrected chi connectivity index (χ3v) is 7.36. The fourth-order valence-corrected chi connectivity index (χ4v) is 5.95. The minimum Gasteiger partial charge on any atom is -0.375 e. The summed E-state index contributed by atoms with van der Waals surface area (Å²) < 4.78 is 23.1. The van der Waals surface area contributed by atoms with Crippen molar-refractivity contribution in [3.63, 3.8) is 0 Å². The van der Waals surface area contributed by atoms with Gasteiger partial charge in [0.2, 0.25) is 0 Å². The van der Waals surface area contributed by atoms with E-state index in [0.717, 1.165) is 38.3 Å². The van der Waals surface area contributed by atoms with Gasteiger partial charge in [-0.25, -0.2) is 0 Å². The normalized spacial score (nSPS) is 51.2. The zero-order valence-corrected chi connectivity index (χ0v) is 17.1. The van der Waals surface area contributed by atoms with Crippen molar-refractivity contribution in [1.29, 1.82) is 0 Å². The molecule has 2 saturated heterocycles. The highest BCUT2D eigenvalue weighted by Crippen LogP contribution is 2.46. The Bertz CT molecular complexity index is 395. The second-order valence-corrected chi connectivity index (χ2v) is 9.88. The van der Waals surface area contributed by atoms with Gasteiger partial charge in [0, 0.05) is 0 Å². The van der Waals surface area contributed by atoms with Crippen LogP contribution in [-0.4, -0.2) is 50.8 Å². The standard InChI is InChI=1S/C22H38O4/c1-13-5-17(6-14(2)21(13)25-11-19-9-23-19)18-7-15(3)22(16(4)8-18)26-12-20-10-24-20/h13-22H,5-12H2,1-4H3. The quantitative estimate of drug-likeness (QED) is 0.641. The van der Waals surface area contributed by atoms with Crippen LogP contribution in [0.3, 0.4) is 0 Å². The Morgan fingerprint density at radius 1 is 0.615 bits per heavy atom. The molecule has 26 heavy (non-hydrogen) atoms. The number of rotatable bonds is 7. The van der Waals surface area contributed by atoms with Crippen LogP contribution in [0.4, 0.5) is 0 Å². The Hall–Kier alpha value is -0.160. The zero-order valence-electron chi connectivity index (χ0n) is 17.1. The summed E-state index contributed by atoms with van der Waals surface area (Å²) in [5, 5.41) is 0. The van der Waals surface area contributed by atoms with Crippen LogP contribution in [-0.2, 0) is 18.9 Å². The minimum absolute atomic E-state index is 0.380. The van der Waals surface area contributed by atoms with E-state index in [1.54, 1.807) is 0 Å². The van der Waals surface area contributed by atoms with Crippen molar-refractivity contribution in [3.8, 4) is 0 Å². The van der Waals surface area contributed by atoms with Gasteiger partial charge in [-0.2, -0.15) is 0 Å². The number of epoxide rings is 2. The molecule has 4 rings (SSSR count). The van der Waals surface area contributed by atoms with Crippen molar-refractivity contribution in [2.45, 2.75) is 77.8 Å². The van der Waals surface area contributed by atoms with Crippen LogP contribution >= 0.6 is 0 Å². The molecule has 0 bridgehead atoms. The van der Waals surface area contributed by atoms with Gasteiger partial charge in [0.1, 0.15) is 12.2 Å². The molecule has 0 spiro atoms.